The topological polar surface area (TPSA) is 66.5 Å². The molecule has 5 nitrogen and oxygen atoms in total. The van der Waals surface area contributed by atoms with Crippen molar-refractivity contribution in [3.05, 3.63) is 101 Å². The van der Waals surface area contributed by atoms with Gasteiger partial charge in [0.2, 0.25) is 15.9 Å². The molecule has 0 unspecified atom stereocenters. The number of sulfonamides is 1. The third-order valence-electron chi connectivity index (χ3n) is 4.94. The van der Waals surface area contributed by atoms with E-state index in [0.29, 0.717) is 11.4 Å². The summed E-state index contributed by atoms with van der Waals surface area (Å²) in [5.41, 5.74) is 1.95. The molecule has 162 valence electrons. The van der Waals surface area contributed by atoms with Crippen molar-refractivity contribution in [3.63, 3.8) is 0 Å². The van der Waals surface area contributed by atoms with Gasteiger partial charge >= 0.3 is 0 Å². The molecule has 0 saturated heterocycles. The Kier molecular flexibility index (Phi) is 7.85. The highest BCUT2D eigenvalue weighted by atomic mass is 35.5. The molecule has 1 atom stereocenters. The average Bonchev–Trinajstić information content (AvgIpc) is 2.78. The zero-order chi connectivity index (χ0) is 22.3. The number of amides is 1. The Balaban J connectivity index is 1.77. The number of hydrogen-bond donors (Lipinski definition) is 1. The van der Waals surface area contributed by atoms with Crippen molar-refractivity contribution in [2.24, 2.45) is 0 Å². The second-order valence-corrected chi connectivity index (χ2v) is 9.60. The molecule has 3 aromatic carbocycles. The van der Waals surface area contributed by atoms with E-state index >= 15 is 0 Å². The first kappa shape index (κ1) is 23.0. The monoisotopic (exact) mass is 456 g/mol. The van der Waals surface area contributed by atoms with E-state index in [1.807, 2.05) is 67.6 Å². The SMILES string of the molecule is C[C@@H](NC(=O)CN(CCc1ccccc1)S(=O)(=O)c1ccc(Cl)cc1)c1ccccc1. The normalized spacial score (nSPS) is 12.5. The van der Waals surface area contributed by atoms with Crippen LogP contribution in [0.25, 0.3) is 0 Å². The van der Waals surface area contributed by atoms with Crippen LogP contribution in [0.3, 0.4) is 0 Å². The third-order valence-corrected chi connectivity index (χ3v) is 7.05. The van der Waals surface area contributed by atoms with Crippen LogP contribution >= 0.6 is 11.6 Å². The zero-order valence-electron chi connectivity index (χ0n) is 17.2. The molecule has 31 heavy (non-hydrogen) atoms. The highest BCUT2D eigenvalue weighted by Gasteiger charge is 2.27. The second-order valence-electron chi connectivity index (χ2n) is 7.23. The van der Waals surface area contributed by atoms with Crippen LogP contribution in [-0.2, 0) is 21.2 Å². The number of carbonyl (C=O) groups excluding carboxylic acids is 1. The largest absolute Gasteiger partial charge is 0.348 e. The summed E-state index contributed by atoms with van der Waals surface area (Å²) in [5.74, 6) is -0.359. The lowest BCUT2D eigenvalue weighted by molar-refractivity contribution is -0.121. The third kappa shape index (κ3) is 6.40. The highest BCUT2D eigenvalue weighted by Crippen LogP contribution is 2.19. The Hall–Kier alpha value is -2.67. The van der Waals surface area contributed by atoms with Crippen molar-refractivity contribution in [3.8, 4) is 0 Å². The number of nitrogens with one attached hydrogen (secondary N) is 1. The van der Waals surface area contributed by atoms with Crippen LogP contribution in [0.15, 0.2) is 89.8 Å². The molecule has 0 aliphatic rings. The quantitative estimate of drug-likeness (QED) is 0.517. The molecule has 0 spiro atoms. The van der Waals surface area contributed by atoms with Gasteiger partial charge in [0, 0.05) is 11.6 Å². The van der Waals surface area contributed by atoms with E-state index in [4.69, 9.17) is 11.6 Å². The van der Waals surface area contributed by atoms with Crippen LogP contribution in [0.1, 0.15) is 24.1 Å². The van der Waals surface area contributed by atoms with Crippen molar-refractivity contribution < 1.29 is 13.2 Å². The van der Waals surface area contributed by atoms with Crippen LogP contribution in [0.4, 0.5) is 0 Å². The van der Waals surface area contributed by atoms with E-state index in [0.717, 1.165) is 11.1 Å². The molecular weight excluding hydrogens is 432 g/mol. The Morgan fingerprint density at radius 1 is 0.935 bits per heavy atom. The molecule has 0 aromatic heterocycles. The molecule has 0 saturated carbocycles. The molecule has 0 aliphatic heterocycles. The predicted octanol–water partition coefficient (Wildman–Crippen LogP) is 4.45. The summed E-state index contributed by atoms with van der Waals surface area (Å²) in [4.78, 5) is 12.8. The first-order valence-electron chi connectivity index (χ1n) is 10.0. The van der Waals surface area contributed by atoms with Crippen LogP contribution in [0.5, 0.6) is 0 Å². The molecule has 1 amide bonds. The van der Waals surface area contributed by atoms with E-state index in [9.17, 15) is 13.2 Å². The van der Waals surface area contributed by atoms with Crippen molar-refractivity contribution in [2.75, 3.05) is 13.1 Å². The summed E-state index contributed by atoms with van der Waals surface area (Å²) < 4.78 is 27.7. The van der Waals surface area contributed by atoms with E-state index in [2.05, 4.69) is 5.32 Å². The maximum Gasteiger partial charge on any atom is 0.243 e. The maximum absolute atomic E-state index is 13.3. The zero-order valence-corrected chi connectivity index (χ0v) is 18.8. The Labute approximate surface area is 188 Å². The minimum atomic E-state index is -3.87. The standard InChI is InChI=1S/C24H25ClN2O3S/c1-19(21-10-6-3-7-11-21)26-24(28)18-27(17-16-20-8-4-2-5-9-20)31(29,30)23-14-12-22(25)13-15-23/h2-15,19H,16-18H2,1H3,(H,26,28)/t19-/m1/s1. The fraction of sp³-hybridized carbons (Fsp3) is 0.208. The van der Waals surface area contributed by atoms with Gasteiger partial charge in [-0.25, -0.2) is 8.42 Å². The van der Waals surface area contributed by atoms with Crippen LogP contribution in [0, 0.1) is 0 Å². The summed E-state index contributed by atoms with van der Waals surface area (Å²) in [6, 6.07) is 24.9. The van der Waals surface area contributed by atoms with Crippen molar-refractivity contribution in [1.82, 2.24) is 9.62 Å². The number of nitrogens with zero attached hydrogens (tertiary/aromatic N) is 1. The van der Waals surface area contributed by atoms with E-state index in [1.54, 1.807) is 0 Å². The summed E-state index contributed by atoms with van der Waals surface area (Å²) in [5, 5.41) is 3.34. The van der Waals surface area contributed by atoms with E-state index in [-0.39, 0.29) is 29.9 Å². The van der Waals surface area contributed by atoms with Gasteiger partial charge in [-0.1, -0.05) is 72.3 Å². The molecule has 0 bridgehead atoms. The Bertz CT molecular complexity index is 1090. The summed E-state index contributed by atoms with van der Waals surface area (Å²) in [6.07, 6.45) is 0.495. The summed E-state index contributed by atoms with van der Waals surface area (Å²) in [7, 11) is -3.87. The lowest BCUT2D eigenvalue weighted by atomic mass is 10.1. The number of benzene rings is 3. The molecule has 0 radical (unpaired) electrons. The maximum atomic E-state index is 13.3. The number of halogens is 1. The van der Waals surface area contributed by atoms with Gasteiger partial charge in [0.15, 0.2) is 0 Å². The van der Waals surface area contributed by atoms with Gasteiger partial charge in [-0.15, -0.1) is 0 Å². The van der Waals surface area contributed by atoms with Crippen LogP contribution in [0.2, 0.25) is 5.02 Å². The van der Waals surface area contributed by atoms with Gasteiger partial charge in [-0.05, 0) is 48.7 Å². The van der Waals surface area contributed by atoms with Gasteiger partial charge < -0.3 is 5.32 Å². The molecular formula is C24H25ClN2O3S. The van der Waals surface area contributed by atoms with Gasteiger partial charge in [0.25, 0.3) is 0 Å². The molecule has 3 aromatic rings. The number of carbonyl (C=O) groups is 1. The second kappa shape index (κ2) is 10.6. The van der Waals surface area contributed by atoms with Gasteiger partial charge in [0.1, 0.15) is 0 Å². The summed E-state index contributed by atoms with van der Waals surface area (Å²) >= 11 is 5.91. The molecule has 1 N–H and O–H groups in total. The van der Waals surface area contributed by atoms with E-state index in [1.165, 1.54) is 28.6 Å². The number of hydrogen-bond acceptors (Lipinski definition) is 3. The smallest absolute Gasteiger partial charge is 0.243 e. The Morgan fingerprint density at radius 3 is 2.13 bits per heavy atom. The van der Waals surface area contributed by atoms with Crippen molar-refractivity contribution in [2.45, 2.75) is 24.3 Å². The van der Waals surface area contributed by atoms with Crippen molar-refractivity contribution >= 4 is 27.5 Å². The molecule has 7 heteroatoms. The van der Waals surface area contributed by atoms with Gasteiger partial charge in [0.05, 0.1) is 17.5 Å². The lowest BCUT2D eigenvalue weighted by Gasteiger charge is -2.23. The minimum absolute atomic E-state index is 0.105. The minimum Gasteiger partial charge on any atom is -0.348 e. The number of rotatable bonds is 9. The Morgan fingerprint density at radius 2 is 1.52 bits per heavy atom. The molecule has 3 rings (SSSR count). The van der Waals surface area contributed by atoms with Crippen LogP contribution < -0.4 is 5.32 Å². The molecule has 0 fully saturated rings. The van der Waals surface area contributed by atoms with Crippen LogP contribution in [-0.4, -0.2) is 31.7 Å². The fourth-order valence-electron chi connectivity index (χ4n) is 3.21. The lowest BCUT2D eigenvalue weighted by Crippen LogP contribution is -2.42. The molecule has 0 heterocycles. The summed E-state index contributed by atoms with van der Waals surface area (Å²) in [6.45, 7) is 1.78. The fourth-order valence-corrected chi connectivity index (χ4v) is 4.73. The van der Waals surface area contributed by atoms with E-state index < -0.39 is 10.0 Å². The van der Waals surface area contributed by atoms with Crippen molar-refractivity contribution in [1.29, 1.82) is 0 Å². The first-order chi connectivity index (χ1) is 14.9. The van der Waals surface area contributed by atoms with Gasteiger partial charge in [-0.3, -0.25) is 4.79 Å². The highest BCUT2D eigenvalue weighted by molar-refractivity contribution is 7.89. The predicted molar refractivity (Wildman–Crippen MR) is 123 cm³/mol. The molecule has 0 aliphatic carbocycles. The average molecular weight is 457 g/mol. The first-order valence-corrected chi connectivity index (χ1v) is 11.8. The van der Waals surface area contributed by atoms with Gasteiger partial charge in [-0.2, -0.15) is 4.31 Å².